The van der Waals surface area contributed by atoms with E-state index in [-0.39, 0.29) is 12.1 Å². The van der Waals surface area contributed by atoms with Crippen molar-refractivity contribution in [1.29, 1.82) is 0 Å². The number of nitrogens with zero attached hydrogens (tertiary/aromatic N) is 4. The second-order valence-electron chi connectivity index (χ2n) is 7.21. The predicted molar refractivity (Wildman–Crippen MR) is 119 cm³/mol. The molecule has 1 aliphatic rings. The van der Waals surface area contributed by atoms with Gasteiger partial charge in [-0.15, -0.1) is 5.10 Å². The Balaban J connectivity index is 1.98. The lowest BCUT2D eigenvalue weighted by Gasteiger charge is -2.17. The van der Waals surface area contributed by atoms with E-state index in [0.29, 0.717) is 45.4 Å². The van der Waals surface area contributed by atoms with E-state index in [4.69, 9.17) is 37.7 Å². The van der Waals surface area contributed by atoms with Crippen LogP contribution in [-0.2, 0) is 0 Å². The molecule has 0 N–H and O–H groups in total. The summed E-state index contributed by atoms with van der Waals surface area (Å²) in [6.07, 6.45) is 0.0605. The summed E-state index contributed by atoms with van der Waals surface area (Å²) in [6.45, 7) is 8.28. The van der Waals surface area contributed by atoms with E-state index in [2.05, 4.69) is 10.2 Å². The molecule has 0 saturated heterocycles. The van der Waals surface area contributed by atoms with Crippen molar-refractivity contribution >= 4 is 28.9 Å². The number of hydrogen-bond acceptors (Lipinski definition) is 5. The SMILES string of the molecule is CCOc1nnc2n1-c1c(Cl)ccc(Cl)c1C(c1cccc(OC(C)C)c1)=NC2C. The highest BCUT2D eigenvalue weighted by Crippen LogP contribution is 2.40. The highest BCUT2D eigenvalue weighted by atomic mass is 35.5. The molecule has 0 radical (unpaired) electrons. The Bertz CT molecular complexity index is 1120. The quantitative estimate of drug-likeness (QED) is 0.508. The zero-order valence-electron chi connectivity index (χ0n) is 17.2. The number of ether oxygens (including phenoxy) is 2. The van der Waals surface area contributed by atoms with Crippen LogP contribution in [0.4, 0.5) is 0 Å². The number of rotatable bonds is 5. The Kier molecular flexibility index (Phi) is 5.71. The fourth-order valence-electron chi connectivity index (χ4n) is 3.49. The molecule has 2 aromatic carbocycles. The molecule has 1 unspecified atom stereocenters. The summed E-state index contributed by atoms with van der Waals surface area (Å²) in [7, 11) is 0. The van der Waals surface area contributed by atoms with Gasteiger partial charge >= 0.3 is 6.01 Å². The summed E-state index contributed by atoms with van der Waals surface area (Å²) in [5.74, 6) is 1.39. The molecule has 0 bridgehead atoms. The highest BCUT2D eigenvalue weighted by Gasteiger charge is 2.30. The van der Waals surface area contributed by atoms with E-state index in [0.717, 1.165) is 11.3 Å². The van der Waals surface area contributed by atoms with Crippen molar-refractivity contribution in [3.63, 3.8) is 0 Å². The first-order chi connectivity index (χ1) is 14.4. The molecular formula is C22H22Cl2N4O2. The van der Waals surface area contributed by atoms with Crippen molar-refractivity contribution in [2.24, 2.45) is 4.99 Å². The lowest BCUT2D eigenvalue weighted by Crippen LogP contribution is -2.11. The highest BCUT2D eigenvalue weighted by molar-refractivity contribution is 6.39. The monoisotopic (exact) mass is 444 g/mol. The van der Waals surface area contributed by atoms with Crippen LogP contribution in [-0.4, -0.2) is 33.2 Å². The maximum Gasteiger partial charge on any atom is 0.321 e. The van der Waals surface area contributed by atoms with Gasteiger partial charge in [-0.05, 0) is 52.0 Å². The summed E-state index contributed by atoms with van der Waals surface area (Å²) in [4.78, 5) is 4.96. The van der Waals surface area contributed by atoms with Gasteiger partial charge in [0.25, 0.3) is 0 Å². The van der Waals surface area contributed by atoms with Crippen molar-refractivity contribution in [2.45, 2.75) is 39.8 Å². The molecule has 1 aliphatic heterocycles. The Morgan fingerprint density at radius 2 is 1.87 bits per heavy atom. The molecule has 0 aliphatic carbocycles. The second-order valence-corrected chi connectivity index (χ2v) is 8.02. The van der Waals surface area contributed by atoms with Crippen LogP contribution in [0.1, 0.15) is 50.7 Å². The van der Waals surface area contributed by atoms with Crippen LogP contribution < -0.4 is 9.47 Å². The van der Waals surface area contributed by atoms with Crippen LogP contribution in [0, 0.1) is 0 Å². The molecule has 2 heterocycles. The van der Waals surface area contributed by atoms with Gasteiger partial charge in [-0.2, -0.15) is 0 Å². The van der Waals surface area contributed by atoms with Crippen LogP contribution in [0.2, 0.25) is 10.0 Å². The number of aliphatic imine (C=N–C) groups is 1. The van der Waals surface area contributed by atoms with Gasteiger partial charge < -0.3 is 9.47 Å². The molecule has 0 saturated carbocycles. The summed E-state index contributed by atoms with van der Waals surface area (Å²) in [6, 6.07) is 11.4. The Labute approximate surface area is 185 Å². The predicted octanol–water partition coefficient (Wildman–Crippen LogP) is 5.67. The molecule has 30 heavy (non-hydrogen) atoms. The Hall–Kier alpha value is -2.57. The van der Waals surface area contributed by atoms with Gasteiger partial charge in [0, 0.05) is 11.1 Å². The molecule has 1 aromatic heterocycles. The van der Waals surface area contributed by atoms with Crippen molar-refractivity contribution in [1.82, 2.24) is 14.8 Å². The van der Waals surface area contributed by atoms with Crippen LogP contribution in [0.25, 0.3) is 5.69 Å². The zero-order valence-corrected chi connectivity index (χ0v) is 18.7. The minimum Gasteiger partial charge on any atom is -0.491 e. The average Bonchev–Trinajstić information content (AvgIpc) is 3.05. The van der Waals surface area contributed by atoms with Gasteiger partial charge in [0.05, 0.1) is 34.2 Å². The fourth-order valence-corrected chi connectivity index (χ4v) is 3.98. The third-order valence-electron chi connectivity index (χ3n) is 4.65. The van der Waals surface area contributed by atoms with Crippen molar-refractivity contribution in [2.75, 3.05) is 6.61 Å². The number of benzene rings is 2. The van der Waals surface area contributed by atoms with Crippen LogP contribution in [0.15, 0.2) is 41.4 Å². The van der Waals surface area contributed by atoms with Gasteiger partial charge in [-0.3, -0.25) is 4.99 Å². The molecule has 0 amide bonds. The van der Waals surface area contributed by atoms with Crippen LogP contribution in [0.5, 0.6) is 11.8 Å². The third kappa shape index (κ3) is 3.66. The minimum atomic E-state index is -0.295. The molecule has 156 valence electrons. The summed E-state index contributed by atoms with van der Waals surface area (Å²) < 4.78 is 13.4. The standard InChI is InChI=1S/C22H22Cl2N4O2/c1-5-29-22-27-26-21-13(4)25-19(14-7-6-8-15(11-14)30-12(2)3)18-16(23)9-10-17(24)20(18)28(21)22/h6-13H,5H2,1-4H3. The smallest absolute Gasteiger partial charge is 0.321 e. The van der Waals surface area contributed by atoms with Gasteiger partial charge in [0.15, 0.2) is 5.82 Å². The molecule has 3 aromatic rings. The van der Waals surface area contributed by atoms with E-state index in [1.807, 2.05) is 56.5 Å². The maximum absolute atomic E-state index is 6.70. The number of fused-ring (bicyclic) bond motifs is 3. The fraction of sp³-hybridized carbons (Fsp3) is 0.318. The zero-order chi connectivity index (χ0) is 21.4. The normalized spacial score (nSPS) is 15.3. The van der Waals surface area contributed by atoms with Gasteiger partial charge in [0.2, 0.25) is 0 Å². The molecule has 1 atom stereocenters. The van der Waals surface area contributed by atoms with E-state index in [1.54, 1.807) is 12.1 Å². The van der Waals surface area contributed by atoms with Crippen molar-refractivity contribution in [3.8, 4) is 17.4 Å². The molecule has 8 heteroatoms. The third-order valence-corrected chi connectivity index (χ3v) is 5.27. The van der Waals surface area contributed by atoms with E-state index < -0.39 is 0 Å². The molecule has 0 fully saturated rings. The number of aromatic nitrogens is 3. The molecular weight excluding hydrogens is 423 g/mol. The van der Waals surface area contributed by atoms with E-state index in [9.17, 15) is 0 Å². The topological polar surface area (TPSA) is 61.5 Å². The molecule has 4 rings (SSSR count). The van der Waals surface area contributed by atoms with Crippen molar-refractivity contribution < 1.29 is 9.47 Å². The number of halogens is 2. The van der Waals surface area contributed by atoms with Crippen LogP contribution in [0.3, 0.4) is 0 Å². The summed E-state index contributed by atoms with van der Waals surface area (Å²) in [5, 5.41) is 9.55. The lowest BCUT2D eigenvalue weighted by molar-refractivity contribution is 0.242. The molecule has 0 spiro atoms. The maximum atomic E-state index is 6.70. The largest absolute Gasteiger partial charge is 0.491 e. The van der Waals surface area contributed by atoms with Gasteiger partial charge in [-0.1, -0.05) is 40.4 Å². The van der Waals surface area contributed by atoms with Gasteiger partial charge in [-0.25, -0.2) is 4.57 Å². The van der Waals surface area contributed by atoms with E-state index in [1.165, 1.54) is 0 Å². The van der Waals surface area contributed by atoms with Crippen molar-refractivity contribution in [3.05, 3.63) is 63.4 Å². The van der Waals surface area contributed by atoms with Crippen LogP contribution >= 0.6 is 23.2 Å². The summed E-state index contributed by atoms with van der Waals surface area (Å²) >= 11 is 13.4. The number of hydrogen-bond donors (Lipinski definition) is 0. The Morgan fingerprint density at radius 3 is 2.60 bits per heavy atom. The van der Waals surface area contributed by atoms with Gasteiger partial charge in [0.1, 0.15) is 11.8 Å². The Morgan fingerprint density at radius 1 is 1.10 bits per heavy atom. The summed E-state index contributed by atoms with van der Waals surface area (Å²) in [5.41, 5.74) is 2.96. The average molecular weight is 445 g/mol. The minimum absolute atomic E-state index is 0.0605. The van der Waals surface area contributed by atoms with E-state index >= 15 is 0 Å². The first-order valence-electron chi connectivity index (χ1n) is 9.82. The second kappa shape index (κ2) is 8.28. The first-order valence-corrected chi connectivity index (χ1v) is 10.6. The first kappa shape index (κ1) is 20.7. The molecule has 6 nitrogen and oxygen atoms in total. The lowest BCUT2D eigenvalue weighted by atomic mass is 10.00.